The molecule has 0 saturated carbocycles. The van der Waals surface area contributed by atoms with E-state index in [4.69, 9.17) is 4.74 Å². The number of thioether (sulfide) groups is 1. The molecule has 2 aliphatic rings. The van der Waals surface area contributed by atoms with Gasteiger partial charge in [-0.05, 0) is 42.0 Å². The summed E-state index contributed by atoms with van der Waals surface area (Å²) in [6.45, 7) is 2.63. The Hall–Kier alpha value is -2.51. The molecule has 0 aromatic heterocycles. The van der Waals surface area contributed by atoms with Gasteiger partial charge in [0.25, 0.3) is 0 Å². The summed E-state index contributed by atoms with van der Waals surface area (Å²) in [5.41, 5.74) is 0.978. The summed E-state index contributed by atoms with van der Waals surface area (Å²) in [5.74, 6) is 2.53. The summed E-state index contributed by atoms with van der Waals surface area (Å²) >= 11 is 1.67. The number of rotatable bonds is 5. The molecule has 2 fully saturated rings. The maximum atomic E-state index is 12.8. The van der Waals surface area contributed by atoms with Gasteiger partial charge < -0.3 is 15.4 Å². The molecular weight excluding hydrogens is 386 g/mol. The second-order valence-corrected chi connectivity index (χ2v) is 8.53. The second kappa shape index (κ2) is 9.33. The van der Waals surface area contributed by atoms with Crippen LogP contribution in [0.4, 0.5) is 0 Å². The zero-order valence-electron chi connectivity index (χ0n) is 16.2. The van der Waals surface area contributed by atoms with E-state index < -0.39 is 0 Å². The van der Waals surface area contributed by atoms with Gasteiger partial charge in [0.15, 0.2) is 0 Å². The number of amides is 2. The van der Waals surface area contributed by atoms with E-state index in [1.165, 1.54) is 0 Å². The molecule has 29 heavy (non-hydrogen) atoms. The van der Waals surface area contributed by atoms with Crippen molar-refractivity contribution < 1.29 is 14.3 Å². The van der Waals surface area contributed by atoms with Crippen molar-refractivity contribution in [2.24, 2.45) is 0 Å². The van der Waals surface area contributed by atoms with Crippen molar-refractivity contribution in [2.75, 3.05) is 31.9 Å². The van der Waals surface area contributed by atoms with E-state index in [0.29, 0.717) is 13.1 Å². The third kappa shape index (κ3) is 5.31. The molecule has 2 atom stereocenters. The molecule has 0 radical (unpaired) electrons. The van der Waals surface area contributed by atoms with Gasteiger partial charge >= 0.3 is 0 Å². The van der Waals surface area contributed by atoms with Gasteiger partial charge in [-0.25, -0.2) is 0 Å². The van der Waals surface area contributed by atoms with E-state index in [0.717, 1.165) is 42.3 Å². The van der Waals surface area contributed by atoms with Gasteiger partial charge in [-0.1, -0.05) is 30.3 Å². The van der Waals surface area contributed by atoms with Crippen molar-refractivity contribution in [3.63, 3.8) is 0 Å². The first kappa shape index (κ1) is 19.8. The Balaban J connectivity index is 1.36. The van der Waals surface area contributed by atoms with Gasteiger partial charge in [-0.3, -0.25) is 14.5 Å². The van der Waals surface area contributed by atoms with Crippen molar-refractivity contribution in [1.29, 1.82) is 0 Å². The smallest absolute Gasteiger partial charge is 0.237 e. The third-order valence-corrected chi connectivity index (χ3v) is 6.38. The van der Waals surface area contributed by atoms with Crippen LogP contribution in [-0.4, -0.2) is 54.7 Å². The third-order valence-electron chi connectivity index (χ3n) is 5.09. The molecule has 2 aromatic carbocycles. The number of hydrogen-bond acceptors (Lipinski definition) is 5. The molecule has 2 aliphatic heterocycles. The molecule has 2 N–H and O–H groups in total. The normalized spacial score (nSPS) is 23.0. The van der Waals surface area contributed by atoms with Crippen LogP contribution in [0.1, 0.15) is 17.2 Å². The van der Waals surface area contributed by atoms with Crippen LogP contribution in [0.5, 0.6) is 11.5 Å². The number of carbonyl (C=O) groups excluding carboxylic acids is 2. The summed E-state index contributed by atoms with van der Waals surface area (Å²) in [6, 6.07) is 17.5. The zero-order chi connectivity index (χ0) is 20.1. The molecule has 2 saturated heterocycles. The second-order valence-electron chi connectivity index (χ2n) is 7.31. The fraction of sp³-hybridized carbons (Fsp3) is 0.364. The van der Waals surface area contributed by atoms with Crippen LogP contribution < -0.4 is 15.4 Å². The van der Waals surface area contributed by atoms with Crippen LogP contribution in [0.15, 0.2) is 54.6 Å². The Morgan fingerprint density at radius 3 is 2.55 bits per heavy atom. The molecule has 6 nitrogen and oxygen atoms in total. The first-order valence-electron chi connectivity index (χ1n) is 9.91. The average molecular weight is 412 g/mol. The monoisotopic (exact) mass is 411 g/mol. The molecule has 0 unspecified atom stereocenters. The quantitative estimate of drug-likeness (QED) is 0.791. The molecule has 2 heterocycles. The van der Waals surface area contributed by atoms with E-state index >= 15 is 0 Å². The Labute approximate surface area is 175 Å². The number of nitrogens with one attached hydrogen (secondary N) is 2. The van der Waals surface area contributed by atoms with Crippen LogP contribution >= 0.6 is 11.8 Å². The molecule has 2 aromatic rings. The van der Waals surface area contributed by atoms with Crippen LogP contribution in [0.2, 0.25) is 0 Å². The van der Waals surface area contributed by atoms with E-state index in [1.807, 2.05) is 54.6 Å². The molecule has 7 heteroatoms. The number of carbonyl (C=O) groups is 2. The van der Waals surface area contributed by atoms with Crippen LogP contribution in [0.3, 0.4) is 0 Å². The summed E-state index contributed by atoms with van der Waals surface area (Å²) < 4.78 is 5.84. The number of hydrogen-bond donors (Lipinski definition) is 2. The molecule has 2 amide bonds. The number of benzene rings is 2. The van der Waals surface area contributed by atoms with Crippen molar-refractivity contribution in [2.45, 2.75) is 17.7 Å². The van der Waals surface area contributed by atoms with Gasteiger partial charge in [0.1, 0.15) is 16.7 Å². The minimum absolute atomic E-state index is 0.0377. The average Bonchev–Trinajstić information content (AvgIpc) is 2.90. The molecule has 0 aliphatic carbocycles. The standard InChI is InChI=1S/C22H25N3O3S/c26-20-15-25(12-11-23-20)14-17-10-13-29-21(22(27)24-17)16-6-8-19(9-7-16)28-18-4-2-1-3-5-18/h1-9,17,21H,10-15H2,(H,23,26)(H,24,27)/t17-,21+/m0/s1. The number of nitrogens with zero attached hydrogens (tertiary/aromatic N) is 1. The highest BCUT2D eigenvalue weighted by Crippen LogP contribution is 2.33. The summed E-state index contributed by atoms with van der Waals surface area (Å²) in [5, 5.41) is 5.79. The molecule has 0 spiro atoms. The highest BCUT2D eigenvalue weighted by Gasteiger charge is 2.29. The fourth-order valence-corrected chi connectivity index (χ4v) is 4.86. The topological polar surface area (TPSA) is 70.7 Å². The maximum absolute atomic E-state index is 12.8. The molecule has 152 valence electrons. The van der Waals surface area contributed by atoms with Crippen molar-refractivity contribution in [1.82, 2.24) is 15.5 Å². The minimum atomic E-state index is -0.226. The van der Waals surface area contributed by atoms with Gasteiger partial charge in [0.05, 0.1) is 6.54 Å². The van der Waals surface area contributed by atoms with E-state index in [-0.39, 0.29) is 23.1 Å². The zero-order valence-corrected chi connectivity index (χ0v) is 17.0. The fourth-order valence-electron chi connectivity index (χ4n) is 3.63. The minimum Gasteiger partial charge on any atom is -0.457 e. The van der Waals surface area contributed by atoms with Gasteiger partial charge in [-0.2, -0.15) is 0 Å². The van der Waals surface area contributed by atoms with Gasteiger partial charge in [0, 0.05) is 25.7 Å². The van der Waals surface area contributed by atoms with E-state index in [1.54, 1.807) is 11.8 Å². The van der Waals surface area contributed by atoms with Crippen LogP contribution in [0.25, 0.3) is 0 Å². The number of para-hydroxylation sites is 1. The van der Waals surface area contributed by atoms with Crippen LogP contribution in [0, 0.1) is 0 Å². The van der Waals surface area contributed by atoms with Crippen molar-refractivity contribution in [3.8, 4) is 11.5 Å². The Morgan fingerprint density at radius 2 is 1.79 bits per heavy atom. The van der Waals surface area contributed by atoms with Gasteiger partial charge in [-0.15, -0.1) is 11.8 Å². The Kier molecular flexibility index (Phi) is 6.36. The highest BCUT2D eigenvalue weighted by atomic mass is 32.2. The first-order valence-corrected chi connectivity index (χ1v) is 11.0. The lowest BCUT2D eigenvalue weighted by Gasteiger charge is -2.30. The lowest BCUT2D eigenvalue weighted by atomic mass is 10.1. The lowest BCUT2D eigenvalue weighted by molar-refractivity contribution is -0.124. The molecular formula is C22H25N3O3S. The number of piperazine rings is 1. The first-order chi connectivity index (χ1) is 14.2. The van der Waals surface area contributed by atoms with E-state index in [2.05, 4.69) is 15.5 Å². The largest absolute Gasteiger partial charge is 0.457 e. The van der Waals surface area contributed by atoms with E-state index in [9.17, 15) is 9.59 Å². The van der Waals surface area contributed by atoms with Crippen LogP contribution in [-0.2, 0) is 9.59 Å². The van der Waals surface area contributed by atoms with Gasteiger partial charge in [0.2, 0.25) is 11.8 Å². The lowest BCUT2D eigenvalue weighted by Crippen LogP contribution is -2.52. The van der Waals surface area contributed by atoms with Crippen molar-refractivity contribution in [3.05, 3.63) is 60.2 Å². The molecule has 4 rings (SSSR count). The summed E-state index contributed by atoms with van der Waals surface area (Å²) in [4.78, 5) is 26.5. The Bertz CT molecular complexity index is 844. The SMILES string of the molecule is O=C1CN(C[C@@H]2CCS[C@H](c3ccc(Oc4ccccc4)cc3)C(=O)N2)CCN1. The Morgan fingerprint density at radius 1 is 1.03 bits per heavy atom. The number of ether oxygens (including phenoxy) is 1. The summed E-state index contributed by atoms with van der Waals surface area (Å²) in [6.07, 6.45) is 0.903. The van der Waals surface area contributed by atoms with Crippen molar-refractivity contribution >= 4 is 23.6 Å². The highest BCUT2D eigenvalue weighted by molar-refractivity contribution is 8.00. The predicted molar refractivity (Wildman–Crippen MR) is 114 cm³/mol. The maximum Gasteiger partial charge on any atom is 0.237 e. The molecule has 0 bridgehead atoms. The predicted octanol–water partition coefficient (Wildman–Crippen LogP) is 2.57. The summed E-state index contributed by atoms with van der Waals surface area (Å²) in [7, 11) is 0.